The molecule has 0 amide bonds. The highest BCUT2D eigenvalue weighted by molar-refractivity contribution is 5.30. The number of rotatable bonds is 2. The van der Waals surface area contributed by atoms with Crippen molar-refractivity contribution >= 4 is 0 Å². The molecule has 1 aromatic carbocycles. The van der Waals surface area contributed by atoms with Crippen LogP contribution in [0.1, 0.15) is 36.0 Å². The first-order valence-corrected chi connectivity index (χ1v) is 5.91. The Morgan fingerprint density at radius 1 is 1.20 bits per heavy atom. The van der Waals surface area contributed by atoms with Crippen molar-refractivity contribution in [2.75, 3.05) is 0 Å². The summed E-state index contributed by atoms with van der Waals surface area (Å²) in [4.78, 5) is 0. The molecule has 0 aromatic heterocycles. The quantitative estimate of drug-likeness (QED) is 0.785. The Morgan fingerprint density at radius 3 is 2.60 bits per heavy atom. The third-order valence-electron chi connectivity index (χ3n) is 3.69. The fraction of sp³-hybridized carbons (Fsp3) is 0.571. The lowest BCUT2D eigenvalue weighted by molar-refractivity contribution is 0.132. The highest BCUT2D eigenvalue weighted by Crippen LogP contribution is 2.29. The van der Waals surface area contributed by atoms with Crippen LogP contribution in [0.4, 0.5) is 0 Å². The summed E-state index contributed by atoms with van der Waals surface area (Å²) in [5.74, 6) is 0.493. The predicted octanol–water partition coefficient (Wildman–Crippen LogP) is 3.01. The van der Waals surface area contributed by atoms with Crippen LogP contribution in [0.15, 0.2) is 18.2 Å². The monoisotopic (exact) mass is 204 g/mol. The van der Waals surface area contributed by atoms with Gasteiger partial charge in [-0.3, -0.25) is 0 Å². The van der Waals surface area contributed by atoms with Crippen molar-refractivity contribution in [2.45, 2.75) is 45.6 Å². The molecule has 1 aromatic rings. The maximum Gasteiger partial charge on any atom is 0.0571 e. The molecule has 1 fully saturated rings. The van der Waals surface area contributed by atoms with Crippen LogP contribution in [0, 0.1) is 19.8 Å². The van der Waals surface area contributed by atoms with E-state index in [0.717, 1.165) is 12.8 Å². The van der Waals surface area contributed by atoms with Gasteiger partial charge in [-0.2, -0.15) is 0 Å². The molecule has 0 aliphatic heterocycles. The average molecular weight is 204 g/mol. The lowest BCUT2D eigenvalue weighted by Crippen LogP contribution is -2.15. The van der Waals surface area contributed by atoms with Crippen LogP contribution in [-0.4, -0.2) is 11.2 Å². The molecule has 82 valence electrons. The molecule has 1 aliphatic rings. The summed E-state index contributed by atoms with van der Waals surface area (Å²) >= 11 is 0. The van der Waals surface area contributed by atoms with Crippen molar-refractivity contribution in [3.63, 3.8) is 0 Å². The Bertz CT molecular complexity index is 343. The van der Waals surface area contributed by atoms with Crippen LogP contribution in [0.3, 0.4) is 0 Å². The van der Waals surface area contributed by atoms with Crippen molar-refractivity contribution in [1.82, 2.24) is 0 Å². The fourth-order valence-corrected chi connectivity index (χ4v) is 2.49. The number of aliphatic hydroxyl groups is 1. The van der Waals surface area contributed by atoms with Gasteiger partial charge in [-0.05, 0) is 55.7 Å². The largest absolute Gasteiger partial charge is 0.393 e. The van der Waals surface area contributed by atoms with Gasteiger partial charge in [0.1, 0.15) is 0 Å². The van der Waals surface area contributed by atoms with Gasteiger partial charge >= 0.3 is 0 Å². The van der Waals surface area contributed by atoms with Crippen molar-refractivity contribution in [1.29, 1.82) is 0 Å². The molecule has 1 saturated carbocycles. The van der Waals surface area contributed by atoms with Crippen LogP contribution in [0.2, 0.25) is 0 Å². The van der Waals surface area contributed by atoms with E-state index in [1.165, 1.54) is 29.5 Å². The Labute approximate surface area is 92.1 Å². The van der Waals surface area contributed by atoms with Crippen LogP contribution in [0.5, 0.6) is 0 Å². The topological polar surface area (TPSA) is 20.2 Å². The molecule has 2 unspecified atom stereocenters. The summed E-state index contributed by atoms with van der Waals surface area (Å²) in [5.41, 5.74) is 4.09. The van der Waals surface area contributed by atoms with Crippen molar-refractivity contribution in [3.8, 4) is 0 Å². The molecule has 1 N–H and O–H groups in total. The summed E-state index contributed by atoms with van der Waals surface area (Å²) in [7, 11) is 0. The first-order valence-electron chi connectivity index (χ1n) is 5.91. The lowest BCUT2D eigenvalue weighted by Gasteiger charge is -2.15. The molecule has 0 radical (unpaired) electrons. The minimum atomic E-state index is -0.0633. The Hall–Kier alpha value is -0.820. The summed E-state index contributed by atoms with van der Waals surface area (Å²) in [5, 5.41) is 9.77. The number of aliphatic hydroxyl groups excluding tert-OH is 1. The van der Waals surface area contributed by atoms with E-state index in [1.54, 1.807) is 0 Å². The van der Waals surface area contributed by atoms with E-state index in [2.05, 4.69) is 32.0 Å². The lowest BCUT2D eigenvalue weighted by atomic mass is 9.94. The molecule has 0 spiro atoms. The van der Waals surface area contributed by atoms with E-state index in [4.69, 9.17) is 0 Å². The van der Waals surface area contributed by atoms with Gasteiger partial charge in [-0.1, -0.05) is 24.6 Å². The minimum absolute atomic E-state index is 0.0633. The predicted molar refractivity (Wildman–Crippen MR) is 63.0 cm³/mol. The van der Waals surface area contributed by atoms with Gasteiger partial charge in [0.15, 0.2) is 0 Å². The van der Waals surface area contributed by atoms with Gasteiger partial charge in [0.25, 0.3) is 0 Å². The Balaban J connectivity index is 2.07. The first-order chi connectivity index (χ1) is 7.16. The van der Waals surface area contributed by atoms with E-state index in [-0.39, 0.29) is 6.10 Å². The number of benzene rings is 1. The smallest absolute Gasteiger partial charge is 0.0571 e. The number of hydrogen-bond acceptors (Lipinski definition) is 1. The first kappa shape index (κ1) is 10.7. The normalized spacial score (nSPS) is 25.8. The van der Waals surface area contributed by atoms with Gasteiger partial charge in [0.2, 0.25) is 0 Å². The van der Waals surface area contributed by atoms with Crippen molar-refractivity contribution in [3.05, 3.63) is 34.9 Å². The summed E-state index contributed by atoms with van der Waals surface area (Å²) in [6.45, 7) is 4.30. The van der Waals surface area contributed by atoms with E-state index < -0.39 is 0 Å². The highest BCUT2D eigenvalue weighted by Gasteiger charge is 2.25. The summed E-state index contributed by atoms with van der Waals surface area (Å²) in [6.07, 6.45) is 4.36. The Morgan fingerprint density at radius 2 is 2.00 bits per heavy atom. The fourth-order valence-electron chi connectivity index (χ4n) is 2.49. The molecule has 2 rings (SSSR count). The second-order valence-corrected chi connectivity index (χ2v) is 4.88. The van der Waals surface area contributed by atoms with Gasteiger partial charge in [-0.25, -0.2) is 0 Å². The summed E-state index contributed by atoms with van der Waals surface area (Å²) in [6, 6.07) is 6.65. The van der Waals surface area contributed by atoms with Crippen molar-refractivity contribution in [2.24, 2.45) is 5.92 Å². The van der Waals surface area contributed by atoms with Gasteiger partial charge in [0, 0.05) is 0 Å². The maximum absolute atomic E-state index is 9.77. The molecule has 2 atom stereocenters. The average Bonchev–Trinajstić information content (AvgIpc) is 2.59. The molecule has 1 aliphatic carbocycles. The zero-order valence-electron chi connectivity index (χ0n) is 9.66. The second-order valence-electron chi connectivity index (χ2n) is 4.88. The van der Waals surface area contributed by atoms with Crippen LogP contribution >= 0.6 is 0 Å². The van der Waals surface area contributed by atoms with Crippen LogP contribution < -0.4 is 0 Å². The van der Waals surface area contributed by atoms with E-state index in [1.807, 2.05) is 0 Å². The number of hydrogen-bond donors (Lipinski definition) is 1. The molecular formula is C14H20O. The van der Waals surface area contributed by atoms with E-state index in [9.17, 15) is 5.11 Å². The molecule has 1 heteroatoms. The van der Waals surface area contributed by atoms with Gasteiger partial charge in [-0.15, -0.1) is 0 Å². The molecule has 1 nitrogen and oxygen atoms in total. The third kappa shape index (κ3) is 2.40. The standard InChI is InChI=1S/C14H20O/c1-10-6-7-12(8-11(10)2)9-13-4-3-5-14(13)15/h6-8,13-15H,3-5,9H2,1-2H3. The Kier molecular flexibility index (Phi) is 3.11. The second kappa shape index (κ2) is 4.36. The van der Waals surface area contributed by atoms with E-state index in [0.29, 0.717) is 5.92 Å². The van der Waals surface area contributed by atoms with Crippen LogP contribution in [0.25, 0.3) is 0 Å². The molecular weight excluding hydrogens is 184 g/mol. The van der Waals surface area contributed by atoms with Crippen LogP contribution in [-0.2, 0) is 6.42 Å². The highest BCUT2D eigenvalue weighted by atomic mass is 16.3. The SMILES string of the molecule is Cc1ccc(CC2CCCC2O)cc1C. The third-order valence-corrected chi connectivity index (χ3v) is 3.69. The number of aryl methyl sites for hydroxylation is 2. The van der Waals surface area contributed by atoms with Gasteiger partial charge in [0.05, 0.1) is 6.10 Å². The van der Waals surface area contributed by atoms with Gasteiger partial charge < -0.3 is 5.11 Å². The molecule has 0 bridgehead atoms. The molecule has 0 heterocycles. The molecule has 15 heavy (non-hydrogen) atoms. The van der Waals surface area contributed by atoms with E-state index >= 15 is 0 Å². The zero-order chi connectivity index (χ0) is 10.8. The minimum Gasteiger partial charge on any atom is -0.393 e. The molecule has 0 saturated heterocycles. The zero-order valence-corrected chi connectivity index (χ0v) is 9.66. The maximum atomic E-state index is 9.77. The summed E-state index contributed by atoms with van der Waals surface area (Å²) < 4.78 is 0. The van der Waals surface area contributed by atoms with Crippen molar-refractivity contribution < 1.29 is 5.11 Å².